The maximum Gasteiger partial charge on any atom is 0.201 e. The van der Waals surface area contributed by atoms with Crippen LogP contribution in [0.4, 0.5) is 0 Å². The predicted molar refractivity (Wildman–Crippen MR) is 61.4 cm³/mol. The quantitative estimate of drug-likeness (QED) is 0.554. The van der Waals surface area contributed by atoms with Crippen molar-refractivity contribution in [3.8, 4) is 17.2 Å². The van der Waals surface area contributed by atoms with Gasteiger partial charge in [0.2, 0.25) is 5.75 Å². The average Bonchev–Trinajstić information content (AvgIpc) is 2.23. The molecule has 0 amide bonds. The number of aromatic hydroxyl groups is 3. The lowest BCUT2D eigenvalue weighted by Crippen LogP contribution is -2.12. The number of carbonyl (C=O) groups is 3. The summed E-state index contributed by atoms with van der Waals surface area (Å²) in [6, 6.07) is 0. The van der Waals surface area contributed by atoms with Gasteiger partial charge in [-0.15, -0.1) is 0 Å². The molecule has 0 aliphatic heterocycles. The summed E-state index contributed by atoms with van der Waals surface area (Å²) in [7, 11) is 0. The van der Waals surface area contributed by atoms with Gasteiger partial charge in [-0.2, -0.15) is 0 Å². The van der Waals surface area contributed by atoms with Crippen LogP contribution in [0.3, 0.4) is 0 Å². The van der Waals surface area contributed by atoms with Gasteiger partial charge in [0.05, 0.1) is 11.1 Å². The van der Waals surface area contributed by atoms with Gasteiger partial charge >= 0.3 is 0 Å². The molecule has 18 heavy (non-hydrogen) atoms. The van der Waals surface area contributed by atoms with Crippen LogP contribution in [-0.2, 0) is 0 Å². The number of carbonyl (C=O) groups excluding carboxylic acids is 3. The zero-order chi connectivity index (χ0) is 14.2. The van der Waals surface area contributed by atoms with Gasteiger partial charge in [0.25, 0.3) is 0 Å². The van der Waals surface area contributed by atoms with Crippen LogP contribution in [0.15, 0.2) is 0 Å². The van der Waals surface area contributed by atoms with E-state index in [-0.39, 0.29) is 5.56 Å². The van der Waals surface area contributed by atoms with E-state index in [2.05, 4.69) is 0 Å². The minimum atomic E-state index is -0.990. The Morgan fingerprint density at radius 3 is 1.11 bits per heavy atom. The van der Waals surface area contributed by atoms with Gasteiger partial charge in [0, 0.05) is 5.56 Å². The lowest BCUT2D eigenvalue weighted by atomic mass is 9.91. The number of hydrogen-bond acceptors (Lipinski definition) is 6. The van der Waals surface area contributed by atoms with Crippen LogP contribution in [0.25, 0.3) is 0 Å². The molecule has 0 saturated carbocycles. The number of rotatable bonds is 3. The van der Waals surface area contributed by atoms with Crippen molar-refractivity contribution in [3.05, 3.63) is 16.7 Å². The summed E-state index contributed by atoms with van der Waals surface area (Å²) < 4.78 is 0. The van der Waals surface area contributed by atoms with Gasteiger partial charge in [-0.1, -0.05) is 0 Å². The first kappa shape index (κ1) is 13.7. The van der Waals surface area contributed by atoms with Crippen LogP contribution in [0, 0.1) is 0 Å². The van der Waals surface area contributed by atoms with E-state index in [4.69, 9.17) is 0 Å². The topological polar surface area (TPSA) is 112 Å². The van der Waals surface area contributed by atoms with Gasteiger partial charge < -0.3 is 15.3 Å². The van der Waals surface area contributed by atoms with Crippen molar-refractivity contribution >= 4 is 17.3 Å². The van der Waals surface area contributed by atoms with Crippen LogP contribution in [0.5, 0.6) is 17.2 Å². The number of hydrogen-bond donors (Lipinski definition) is 3. The Morgan fingerprint density at radius 2 is 0.889 bits per heavy atom. The molecule has 0 spiro atoms. The van der Waals surface area contributed by atoms with Crippen molar-refractivity contribution in [2.45, 2.75) is 20.8 Å². The van der Waals surface area contributed by atoms with E-state index in [1.165, 1.54) is 0 Å². The molecule has 0 aliphatic carbocycles. The molecule has 0 fully saturated rings. The van der Waals surface area contributed by atoms with E-state index in [1.54, 1.807) is 0 Å². The Balaban J connectivity index is 3.99. The third-order valence-electron chi connectivity index (χ3n) is 2.48. The molecule has 1 rings (SSSR count). The second-order valence-electron chi connectivity index (χ2n) is 3.84. The summed E-state index contributed by atoms with van der Waals surface area (Å²) in [5.74, 6) is -4.87. The largest absolute Gasteiger partial charge is 0.504 e. The highest BCUT2D eigenvalue weighted by Crippen LogP contribution is 2.43. The molecule has 0 aromatic heterocycles. The van der Waals surface area contributed by atoms with Gasteiger partial charge in [-0.05, 0) is 20.8 Å². The maximum absolute atomic E-state index is 11.5. The van der Waals surface area contributed by atoms with E-state index in [9.17, 15) is 29.7 Å². The first-order chi connectivity index (χ1) is 8.20. The second kappa shape index (κ2) is 4.48. The maximum atomic E-state index is 11.5. The minimum absolute atomic E-state index is 0.386. The van der Waals surface area contributed by atoms with Crippen LogP contribution in [0.2, 0.25) is 0 Å². The Bertz CT molecular complexity index is 529. The third kappa shape index (κ3) is 1.92. The Hall–Kier alpha value is -2.37. The molecule has 0 heterocycles. The normalized spacial score (nSPS) is 10.2. The smallest absolute Gasteiger partial charge is 0.201 e. The zero-order valence-electron chi connectivity index (χ0n) is 10.1. The molecule has 0 unspecified atom stereocenters. The summed E-state index contributed by atoms with van der Waals surface area (Å²) in [6.07, 6.45) is 0. The predicted octanol–water partition coefficient (Wildman–Crippen LogP) is 1.41. The number of benzene rings is 1. The van der Waals surface area contributed by atoms with Gasteiger partial charge in [-0.3, -0.25) is 14.4 Å². The summed E-state index contributed by atoms with van der Waals surface area (Å²) >= 11 is 0. The molecular formula is C12H12O6. The Kier molecular flexibility index (Phi) is 3.41. The molecule has 0 bridgehead atoms. The Morgan fingerprint density at radius 1 is 0.611 bits per heavy atom. The minimum Gasteiger partial charge on any atom is -0.504 e. The highest BCUT2D eigenvalue weighted by molar-refractivity contribution is 6.17. The Labute approximate surface area is 102 Å². The standard InChI is InChI=1S/C12H12O6/c1-4(13)7-8(5(2)14)10(16)12(18)11(17)9(7)6(3)15/h16-18H,1-3H3. The van der Waals surface area contributed by atoms with Gasteiger partial charge in [0.15, 0.2) is 28.8 Å². The van der Waals surface area contributed by atoms with Crippen molar-refractivity contribution in [2.75, 3.05) is 0 Å². The highest BCUT2D eigenvalue weighted by Gasteiger charge is 2.29. The van der Waals surface area contributed by atoms with Crippen molar-refractivity contribution in [2.24, 2.45) is 0 Å². The van der Waals surface area contributed by atoms with E-state index in [1.807, 2.05) is 0 Å². The fraction of sp³-hybridized carbons (Fsp3) is 0.250. The van der Waals surface area contributed by atoms with E-state index >= 15 is 0 Å². The summed E-state index contributed by atoms with van der Waals surface area (Å²) in [5.41, 5.74) is -1.33. The number of phenols is 3. The molecule has 96 valence electrons. The molecule has 0 atom stereocenters. The highest BCUT2D eigenvalue weighted by atomic mass is 16.3. The monoisotopic (exact) mass is 252 g/mol. The SMILES string of the molecule is CC(=O)c1c(O)c(O)c(O)c(C(C)=O)c1C(C)=O. The molecule has 1 aromatic rings. The van der Waals surface area contributed by atoms with Crippen LogP contribution >= 0.6 is 0 Å². The van der Waals surface area contributed by atoms with Gasteiger partial charge in [-0.25, -0.2) is 0 Å². The summed E-state index contributed by atoms with van der Waals surface area (Å²) in [4.78, 5) is 34.3. The van der Waals surface area contributed by atoms with E-state index < -0.39 is 45.7 Å². The number of Topliss-reactive ketones (excluding diaryl/α,β-unsaturated/α-hetero) is 3. The van der Waals surface area contributed by atoms with Crippen molar-refractivity contribution in [3.63, 3.8) is 0 Å². The van der Waals surface area contributed by atoms with Crippen molar-refractivity contribution < 1.29 is 29.7 Å². The van der Waals surface area contributed by atoms with E-state index in [0.29, 0.717) is 0 Å². The number of phenolic OH excluding ortho intramolecular Hbond substituents is 3. The zero-order valence-corrected chi connectivity index (χ0v) is 10.1. The molecule has 6 heteroatoms. The summed E-state index contributed by atoms with van der Waals surface area (Å²) in [5, 5.41) is 28.6. The molecule has 0 aliphatic rings. The third-order valence-corrected chi connectivity index (χ3v) is 2.48. The molecular weight excluding hydrogens is 240 g/mol. The summed E-state index contributed by atoms with van der Waals surface area (Å²) in [6.45, 7) is 3.23. The molecule has 0 radical (unpaired) electrons. The van der Waals surface area contributed by atoms with Gasteiger partial charge in [0.1, 0.15) is 0 Å². The number of ketones is 3. The van der Waals surface area contributed by atoms with E-state index in [0.717, 1.165) is 20.8 Å². The second-order valence-corrected chi connectivity index (χ2v) is 3.84. The van der Waals surface area contributed by atoms with Crippen LogP contribution in [-0.4, -0.2) is 32.7 Å². The fourth-order valence-electron chi connectivity index (χ4n) is 1.75. The molecule has 1 aromatic carbocycles. The van der Waals surface area contributed by atoms with Crippen LogP contribution in [0.1, 0.15) is 51.8 Å². The first-order valence-electron chi connectivity index (χ1n) is 5.03. The average molecular weight is 252 g/mol. The van der Waals surface area contributed by atoms with Crippen molar-refractivity contribution in [1.29, 1.82) is 0 Å². The molecule has 3 N–H and O–H groups in total. The molecule has 0 saturated heterocycles. The van der Waals surface area contributed by atoms with Crippen molar-refractivity contribution in [1.82, 2.24) is 0 Å². The first-order valence-corrected chi connectivity index (χ1v) is 5.03. The van der Waals surface area contributed by atoms with Crippen LogP contribution < -0.4 is 0 Å². The lowest BCUT2D eigenvalue weighted by Gasteiger charge is -2.14. The lowest BCUT2D eigenvalue weighted by molar-refractivity contribution is 0.0963. The molecule has 6 nitrogen and oxygen atoms in total. The fourth-order valence-corrected chi connectivity index (χ4v) is 1.75.